The third kappa shape index (κ3) is 2.74. The number of methoxy groups -OCH3 is 1. The summed E-state index contributed by atoms with van der Waals surface area (Å²) in [6, 6.07) is 7.65. The Hall–Kier alpha value is -1.90. The Morgan fingerprint density at radius 2 is 2.04 bits per heavy atom. The van der Waals surface area contributed by atoms with Gasteiger partial charge in [-0.05, 0) is 24.3 Å². The van der Waals surface area contributed by atoms with Gasteiger partial charge in [-0.25, -0.2) is 16.8 Å². The van der Waals surface area contributed by atoms with Crippen LogP contribution in [0, 0.1) is 5.82 Å². The van der Waals surface area contributed by atoms with E-state index in [0.29, 0.717) is 21.7 Å². The van der Waals surface area contributed by atoms with Crippen LogP contribution in [0.15, 0.2) is 45.9 Å². The van der Waals surface area contributed by atoms with Crippen molar-refractivity contribution in [3.63, 3.8) is 0 Å². The largest absolute Gasteiger partial charge is 0.493 e. The minimum atomic E-state index is -4.36. The minimum absolute atomic E-state index is 0.177. The van der Waals surface area contributed by atoms with Crippen LogP contribution in [0.1, 0.15) is 10.4 Å². The van der Waals surface area contributed by atoms with Gasteiger partial charge in [0.05, 0.1) is 23.2 Å². The number of aromatic nitrogens is 1. The first-order valence-electron chi connectivity index (χ1n) is 6.85. The number of hydrogen-bond donors (Lipinski definition) is 0. The lowest BCUT2D eigenvalue weighted by molar-refractivity contribution is 0.111. The molecule has 25 heavy (non-hydrogen) atoms. The molecule has 0 N–H and O–H groups in total. The van der Waals surface area contributed by atoms with E-state index in [1.165, 1.54) is 6.20 Å². The normalized spacial score (nSPS) is 11.7. The van der Waals surface area contributed by atoms with E-state index in [1.807, 2.05) is 0 Å². The van der Waals surface area contributed by atoms with Crippen LogP contribution in [0.4, 0.5) is 4.39 Å². The number of aldehydes is 1. The van der Waals surface area contributed by atoms with Gasteiger partial charge in [0.25, 0.3) is 10.0 Å². The number of rotatable bonds is 4. The summed E-state index contributed by atoms with van der Waals surface area (Å²) in [5.41, 5.74) is 0.173. The lowest BCUT2D eigenvalue weighted by atomic mass is 10.2. The number of hydrogen-bond acceptors (Lipinski definition) is 4. The van der Waals surface area contributed by atoms with Crippen LogP contribution in [0.2, 0.25) is 5.02 Å². The van der Waals surface area contributed by atoms with Crippen LogP contribution >= 0.6 is 27.5 Å². The van der Waals surface area contributed by atoms with E-state index in [-0.39, 0.29) is 5.56 Å². The summed E-state index contributed by atoms with van der Waals surface area (Å²) >= 11 is 9.31. The second-order valence-electron chi connectivity index (χ2n) is 5.03. The van der Waals surface area contributed by atoms with Crippen molar-refractivity contribution >= 4 is 54.7 Å². The van der Waals surface area contributed by atoms with E-state index in [4.69, 9.17) is 16.3 Å². The number of nitrogens with zero attached hydrogens (tertiary/aromatic N) is 1. The molecule has 130 valence electrons. The Kier molecular flexibility index (Phi) is 4.61. The van der Waals surface area contributed by atoms with E-state index in [0.717, 1.165) is 17.1 Å². The molecule has 0 fully saturated rings. The fraction of sp³-hybridized carbons (Fsp3) is 0.0625. The molecule has 3 aromatic rings. The molecule has 9 heteroatoms. The average molecular weight is 447 g/mol. The van der Waals surface area contributed by atoms with Crippen LogP contribution in [0.3, 0.4) is 0 Å². The first-order chi connectivity index (χ1) is 11.8. The van der Waals surface area contributed by atoms with Crippen molar-refractivity contribution in [3.05, 3.63) is 57.4 Å². The molecule has 1 aromatic heterocycles. The second kappa shape index (κ2) is 6.44. The smallest absolute Gasteiger partial charge is 0.272 e. The maximum atomic E-state index is 14.8. The molecule has 0 radical (unpaired) electrons. The van der Waals surface area contributed by atoms with Gasteiger partial charge in [0, 0.05) is 16.1 Å². The quantitative estimate of drug-likeness (QED) is 0.562. The van der Waals surface area contributed by atoms with Crippen molar-refractivity contribution in [3.8, 4) is 5.75 Å². The topological polar surface area (TPSA) is 65.4 Å². The molecule has 0 aliphatic rings. The Bertz CT molecular complexity index is 1110. The summed E-state index contributed by atoms with van der Waals surface area (Å²) in [6.07, 6.45) is 1.65. The fourth-order valence-corrected chi connectivity index (χ4v) is 4.99. The van der Waals surface area contributed by atoms with Gasteiger partial charge < -0.3 is 4.74 Å². The minimum Gasteiger partial charge on any atom is -0.493 e. The van der Waals surface area contributed by atoms with Gasteiger partial charge in [0.2, 0.25) is 0 Å². The first kappa shape index (κ1) is 17.9. The average Bonchev–Trinajstić information content (AvgIpc) is 3.00. The highest BCUT2D eigenvalue weighted by Gasteiger charge is 2.30. The van der Waals surface area contributed by atoms with Gasteiger partial charge >= 0.3 is 0 Å². The van der Waals surface area contributed by atoms with Crippen LogP contribution in [0.25, 0.3) is 10.9 Å². The summed E-state index contributed by atoms with van der Waals surface area (Å²) in [4.78, 5) is 10.3. The summed E-state index contributed by atoms with van der Waals surface area (Å²) < 4.78 is 47.3. The lowest BCUT2D eigenvalue weighted by Gasteiger charge is -2.14. The van der Waals surface area contributed by atoms with Crippen molar-refractivity contribution in [2.75, 3.05) is 7.11 Å². The van der Waals surface area contributed by atoms with Gasteiger partial charge in [0.1, 0.15) is 4.90 Å². The number of ether oxygens (including phenoxy) is 1. The molecule has 5 nitrogen and oxygen atoms in total. The van der Waals surface area contributed by atoms with E-state index < -0.39 is 31.5 Å². The summed E-state index contributed by atoms with van der Waals surface area (Å²) in [7, 11) is -3.23. The van der Waals surface area contributed by atoms with Crippen molar-refractivity contribution < 1.29 is 22.3 Å². The Morgan fingerprint density at radius 1 is 1.32 bits per heavy atom. The second-order valence-corrected chi connectivity index (χ2v) is 8.04. The molecule has 0 atom stereocenters. The number of fused-ring (bicyclic) bond motifs is 1. The molecule has 0 spiro atoms. The lowest BCUT2D eigenvalue weighted by Crippen LogP contribution is -2.15. The SMILES string of the molecule is COc1c(C=O)cc(Cl)c(S(=O)(=O)n2ccc3c(Br)cccc32)c1F. The Labute approximate surface area is 156 Å². The molecule has 3 rings (SSSR count). The maximum absolute atomic E-state index is 14.8. The maximum Gasteiger partial charge on any atom is 0.272 e. The number of carbonyl (C=O) groups is 1. The zero-order valence-electron chi connectivity index (χ0n) is 12.7. The van der Waals surface area contributed by atoms with Gasteiger partial charge in [-0.2, -0.15) is 0 Å². The van der Waals surface area contributed by atoms with Crippen LogP contribution in [0.5, 0.6) is 5.75 Å². The van der Waals surface area contributed by atoms with Gasteiger partial charge in [-0.3, -0.25) is 4.79 Å². The molecule has 0 unspecified atom stereocenters. The molecule has 0 aliphatic heterocycles. The van der Waals surface area contributed by atoms with Gasteiger partial charge in [-0.1, -0.05) is 33.6 Å². The van der Waals surface area contributed by atoms with Gasteiger partial charge in [0.15, 0.2) is 17.9 Å². The van der Waals surface area contributed by atoms with Crippen molar-refractivity contribution in [1.29, 1.82) is 0 Å². The molecular formula is C16H10BrClFNO4S. The number of halogens is 3. The van der Waals surface area contributed by atoms with Crippen LogP contribution < -0.4 is 4.74 Å². The Morgan fingerprint density at radius 3 is 2.68 bits per heavy atom. The standard InChI is InChI=1S/C16H10BrClFNO4S/c1-24-15-9(8-21)7-12(18)16(14(15)19)25(22,23)20-6-5-10-11(17)3-2-4-13(10)20/h2-8H,1H3. The molecule has 0 bridgehead atoms. The predicted molar refractivity (Wildman–Crippen MR) is 95.6 cm³/mol. The monoisotopic (exact) mass is 445 g/mol. The predicted octanol–water partition coefficient (Wildman–Crippen LogP) is 4.25. The van der Waals surface area contributed by atoms with Crippen LogP contribution in [-0.2, 0) is 10.0 Å². The Balaban J connectivity index is 2.35. The van der Waals surface area contributed by atoms with E-state index in [1.54, 1.807) is 24.3 Å². The highest BCUT2D eigenvalue weighted by atomic mass is 79.9. The number of benzene rings is 2. The molecule has 2 aromatic carbocycles. The highest BCUT2D eigenvalue weighted by molar-refractivity contribution is 9.10. The molecule has 0 saturated carbocycles. The molecular weight excluding hydrogens is 437 g/mol. The van der Waals surface area contributed by atoms with Crippen molar-refractivity contribution in [2.24, 2.45) is 0 Å². The van der Waals surface area contributed by atoms with Crippen LogP contribution in [-0.4, -0.2) is 25.8 Å². The summed E-state index contributed by atoms with van der Waals surface area (Å²) in [6.45, 7) is 0. The summed E-state index contributed by atoms with van der Waals surface area (Å²) in [5.74, 6) is -1.69. The molecule has 0 amide bonds. The van der Waals surface area contributed by atoms with Gasteiger partial charge in [-0.15, -0.1) is 0 Å². The molecule has 0 saturated heterocycles. The first-order valence-corrected chi connectivity index (χ1v) is 9.46. The van der Waals surface area contributed by atoms with Crippen molar-refractivity contribution in [1.82, 2.24) is 3.97 Å². The molecule has 0 aliphatic carbocycles. The van der Waals surface area contributed by atoms with E-state index in [2.05, 4.69) is 15.9 Å². The summed E-state index contributed by atoms with van der Waals surface area (Å²) in [5, 5.41) is 0.233. The highest BCUT2D eigenvalue weighted by Crippen LogP contribution is 2.36. The van der Waals surface area contributed by atoms with Crippen molar-refractivity contribution in [2.45, 2.75) is 4.90 Å². The third-order valence-electron chi connectivity index (χ3n) is 3.65. The number of carbonyl (C=O) groups excluding carboxylic acids is 1. The van der Waals surface area contributed by atoms with E-state index in [9.17, 15) is 17.6 Å². The van der Waals surface area contributed by atoms with E-state index >= 15 is 0 Å². The third-order valence-corrected chi connectivity index (χ3v) is 6.50. The molecule has 1 heterocycles. The zero-order chi connectivity index (χ0) is 18.4. The fourth-order valence-electron chi connectivity index (χ4n) is 2.55. The zero-order valence-corrected chi connectivity index (χ0v) is 15.8.